The fourth-order valence-electron chi connectivity index (χ4n) is 4.27. The fourth-order valence-corrected chi connectivity index (χ4v) is 4.50. The minimum Gasteiger partial charge on any atom is -0.491 e. The molecule has 3 saturated heterocycles. The number of hydrogen-bond donors (Lipinski definition) is 1. The summed E-state index contributed by atoms with van der Waals surface area (Å²) in [5.74, 6) is 2.00. The highest BCUT2D eigenvalue weighted by molar-refractivity contribution is 6.33. The van der Waals surface area contributed by atoms with Crippen molar-refractivity contribution in [2.75, 3.05) is 25.5 Å². The molecule has 4 heterocycles. The summed E-state index contributed by atoms with van der Waals surface area (Å²) in [5.41, 5.74) is 0.713. The lowest BCUT2D eigenvalue weighted by Gasteiger charge is -2.56. The molecule has 3 fully saturated rings. The van der Waals surface area contributed by atoms with Crippen LogP contribution in [0, 0.1) is 5.92 Å². The van der Waals surface area contributed by atoms with Crippen molar-refractivity contribution in [1.29, 1.82) is 0 Å². The van der Waals surface area contributed by atoms with Gasteiger partial charge in [-0.3, -0.25) is 4.90 Å². The van der Waals surface area contributed by atoms with E-state index >= 15 is 0 Å². The molecule has 1 atom stereocenters. The van der Waals surface area contributed by atoms with Gasteiger partial charge in [0.25, 0.3) is 0 Å². The van der Waals surface area contributed by atoms with Crippen LogP contribution in [0.3, 0.4) is 0 Å². The quantitative estimate of drug-likeness (QED) is 0.875. The number of halogens is 2. The van der Waals surface area contributed by atoms with Crippen LogP contribution in [0.4, 0.5) is 5.82 Å². The molecule has 1 aromatic carbocycles. The predicted molar refractivity (Wildman–Crippen MR) is 98.6 cm³/mol. The number of hydrogen-bond acceptors (Lipinski definition) is 5. The molecule has 1 unspecified atom stereocenters. The topological polar surface area (TPSA) is 50.5 Å². The highest BCUT2D eigenvalue weighted by Crippen LogP contribution is 2.42. The van der Waals surface area contributed by atoms with E-state index < -0.39 is 0 Å². The number of ether oxygens (including phenoxy) is 1. The van der Waals surface area contributed by atoms with Gasteiger partial charge < -0.3 is 14.6 Å². The minimum absolute atomic E-state index is 0. The number of aromatic nitrogens is 1. The van der Waals surface area contributed by atoms with E-state index in [0.717, 1.165) is 11.2 Å². The molecule has 2 aromatic rings. The summed E-state index contributed by atoms with van der Waals surface area (Å²) in [5, 5.41) is 9.34. The third-order valence-electron chi connectivity index (χ3n) is 5.63. The molecule has 24 heavy (non-hydrogen) atoms. The molecule has 0 amide bonds. The molecule has 3 aliphatic rings. The number of rotatable bonds is 3. The second-order valence-electron chi connectivity index (χ2n) is 7.09. The summed E-state index contributed by atoms with van der Waals surface area (Å²) in [6.45, 7) is 7.02. The Morgan fingerprint density at radius 2 is 2.04 bits per heavy atom. The van der Waals surface area contributed by atoms with Gasteiger partial charge in [-0.15, -0.1) is 12.4 Å². The number of fused-ring (bicyclic) bond motifs is 4. The maximum Gasteiger partial charge on any atom is 0.212 e. The Kier molecular flexibility index (Phi) is 4.62. The average molecular weight is 372 g/mol. The minimum atomic E-state index is 0. The van der Waals surface area contributed by atoms with Crippen molar-refractivity contribution < 1.29 is 9.26 Å². The standard InChI is InChI=1S/C17H22ClN3O2.ClH/c1-17(2)15(10-6-8-21(17)9-7-10)19-16-11-4-5-12(18)14(22-3)13(11)23-20-16;/h4-5,10,15H,6-9H2,1-3H3,(H,19,20);1H. The second kappa shape index (κ2) is 6.28. The summed E-state index contributed by atoms with van der Waals surface area (Å²) in [7, 11) is 1.59. The molecule has 1 N–H and O–H groups in total. The Labute approximate surface area is 153 Å². The fraction of sp³-hybridized carbons (Fsp3) is 0.588. The van der Waals surface area contributed by atoms with Gasteiger partial charge in [-0.1, -0.05) is 16.8 Å². The van der Waals surface area contributed by atoms with Crippen LogP contribution in [0.25, 0.3) is 11.0 Å². The van der Waals surface area contributed by atoms with Crippen molar-refractivity contribution in [3.05, 3.63) is 17.2 Å². The molecule has 0 aliphatic carbocycles. The summed E-state index contributed by atoms with van der Waals surface area (Å²) >= 11 is 6.16. The van der Waals surface area contributed by atoms with Crippen molar-refractivity contribution in [1.82, 2.24) is 10.1 Å². The van der Waals surface area contributed by atoms with Gasteiger partial charge in [0.15, 0.2) is 11.6 Å². The van der Waals surface area contributed by atoms with Crippen LogP contribution in [0.1, 0.15) is 26.7 Å². The number of nitrogens with one attached hydrogen (secondary N) is 1. The first-order chi connectivity index (χ1) is 11.0. The second-order valence-corrected chi connectivity index (χ2v) is 7.50. The van der Waals surface area contributed by atoms with E-state index in [0.29, 0.717) is 28.3 Å². The number of piperidine rings is 3. The Hall–Kier alpha value is -1.17. The summed E-state index contributed by atoms with van der Waals surface area (Å²) in [4.78, 5) is 2.57. The Morgan fingerprint density at radius 3 is 2.67 bits per heavy atom. The van der Waals surface area contributed by atoms with Crippen LogP contribution >= 0.6 is 24.0 Å². The van der Waals surface area contributed by atoms with E-state index in [2.05, 4.69) is 29.2 Å². The van der Waals surface area contributed by atoms with Gasteiger partial charge in [-0.25, -0.2) is 0 Å². The Balaban J connectivity index is 0.00000169. The van der Waals surface area contributed by atoms with E-state index in [4.69, 9.17) is 20.9 Å². The molecule has 0 spiro atoms. The number of benzene rings is 1. The van der Waals surface area contributed by atoms with Gasteiger partial charge >= 0.3 is 0 Å². The van der Waals surface area contributed by atoms with Gasteiger partial charge in [0, 0.05) is 11.6 Å². The molecule has 2 bridgehead atoms. The summed E-state index contributed by atoms with van der Waals surface area (Å²) < 4.78 is 10.9. The molecule has 0 radical (unpaired) electrons. The lowest BCUT2D eigenvalue weighted by molar-refractivity contribution is -0.0189. The number of nitrogens with zero attached hydrogens (tertiary/aromatic N) is 2. The normalized spacial score (nSPS) is 27.8. The zero-order chi connectivity index (χ0) is 16.2. The zero-order valence-electron chi connectivity index (χ0n) is 14.1. The lowest BCUT2D eigenvalue weighted by Crippen LogP contribution is -2.66. The summed E-state index contributed by atoms with van der Waals surface area (Å²) in [6.07, 6.45) is 2.48. The van der Waals surface area contributed by atoms with Crippen molar-refractivity contribution in [2.24, 2.45) is 5.92 Å². The monoisotopic (exact) mass is 371 g/mol. The van der Waals surface area contributed by atoms with Gasteiger partial charge in [0.1, 0.15) is 0 Å². The third kappa shape index (κ3) is 2.54. The van der Waals surface area contributed by atoms with Crippen LogP contribution in [0.2, 0.25) is 5.02 Å². The van der Waals surface area contributed by atoms with Crippen LogP contribution in [-0.4, -0.2) is 41.8 Å². The van der Waals surface area contributed by atoms with Crippen LogP contribution in [-0.2, 0) is 0 Å². The summed E-state index contributed by atoms with van der Waals surface area (Å²) in [6, 6.07) is 4.13. The van der Waals surface area contributed by atoms with E-state index in [1.165, 1.54) is 25.9 Å². The molecule has 132 valence electrons. The molecule has 7 heteroatoms. The third-order valence-corrected chi connectivity index (χ3v) is 5.93. The number of methoxy groups -OCH3 is 1. The largest absolute Gasteiger partial charge is 0.491 e. The number of anilines is 1. The van der Waals surface area contributed by atoms with Crippen LogP contribution in [0.15, 0.2) is 16.7 Å². The van der Waals surface area contributed by atoms with Gasteiger partial charge in [0.05, 0.1) is 17.5 Å². The maximum absolute atomic E-state index is 6.16. The van der Waals surface area contributed by atoms with Crippen molar-refractivity contribution in [3.8, 4) is 5.75 Å². The zero-order valence-corrected chi connectivity index (χ0v) is 15.7. The van der Waals surface area contributed by atoms with Crippen LogP contribution in [0.5, 0.6) is 5.75 Å². The van der Waals surface area contributed by atoms with Crippen molar-refractivity contribution in [3.63, 3.8) is 0 Å². The molecule has 5 rings (SSSR count). The van der Waals surface area contributed by atoms with Gasteiger partial charge in [0.2, 0.25) is 5.58 Å². The highest BCUT2D eigenvalue weighted by Gasteiger charge is 2.47. The lowest BCUT2D eigenvalue weighted by atomic mass is 9.72. The maximum atomic E-state index is 6.16. The first-order valence-corrected chi connectivity index (χ1v) is 8.53. The smallest absolute Gasteiger partial charge is 0.212 e. The molecule has 0 saturated carbocycles. The molecule has 3 aliphatic heterocycles. The Bertz CT molecular complexity index is 739. The first-order valence-electron chi connectivity index (χ1n) is 8.16. The predicted octanol–water partition coefficient (Wildman–Crippen LogP) is 4.20. The Morgan fingerprint density at radius 1 is 1.33 bits per heavy atom. The van der Waals surface area contributed by atoms with E-state index in [1.807, 2.05) is 12.1 Å². The first kappa shape index (κ1) is 17.6. The van der Waals surface area contributed by atoms with Gasteiger partial charge in [-0.2, -0.15) is 0 Å². The van der Waals surface area contributed by atoms with E-state index in [-0.39, 0.29) is 17.9 Å². The molecule has 5 nitrogen and oxygen atoms in total. The van der Waals surface area contributed by atoms with E-state index in [9.17, 15) is 0 Å². The molecular formula is C17H23Cl2N3O2. The molecular weight excluding hydrogens is 349 g/mol. The van der Waals surface area contributed by atoms with Gasteiger partial charge in [-0.05, 0) is 57.8 Å². The SMILES string of the molecule is COc1c(Cl)ccc2c(NC3C4CCN(CC4)C3(C)C)noc12.Cl. The van der Waals surface area contributed by atoms with Crippen molar-refractivity contribution >= 4 is 40.8 Å². The van der Waals surface area contributed by atoms with E-state index in [1.54, 1.807) is 7.11 Å². The van der Waals surface area contributed by atoms with Crippen molar-refractivity contribution in [2.45, 2.75) is 38.3 Å². The average Bonchev–Trinajstić information content (AvgIpc) is 2.94. The highest BCUT2D eigenvalue weighted by atomic mass is 35.5. The van der Waals surface area contributed by atoms with Crippen LogP contribution < -0.4 is 10.1 Å². The molecule has 1 aromatic heterocycles.